The molecule has 0 aromatic heterocycles. The maximum absolute atomic E-state index is 12.2. The van der Waals surface area contributed by atoms with E-state index in [1.165, 1.54) is 12.1 Å². The second kappa shape index (κ2) is 4.95. The lowest BCUT2D eigenvalue weighted by molar-refractivity contribution is -0.144. The number of aliphatic carboxylic acids is 1. The first-order valence-electron chi connectivity index (χ1n) is 7.03. The van der Waals surface area contributed by atoms with Gasteiger partial charge in [-0.25, -0.2) is 0 Å². The number of phenolic OH excluding ortho intramolecular Hbond substituents is 2. The molecule has 6 nitrogen and oxygen atoms in total. The lowest BCUT2D eigenvalue weighted by Crippen LogP contribution is -2.46. The zero-order valence-corrected chi connectivity index (χ0v) is 11.3. The van der Waals surface area contributed by atoms with Gasteiger partial charge >= 0.3 is 5.97 Å². The Bertz CT molecular complexity index is 600. The van der Waals surface area contributed by atoms with Crippen molar-refractivity contribution in [3.8, 4) is 11.5 Å². The number of benzene rings is 1. The van der Waals surface area contributed by atoms with E-state index in [0.29, 0.717) is 0 Å². The van der Waals surface area contributed by atoms with Crippen LogP contribution in [0.15, 0.2) is 18.2 Å². The summed E-state index contributed by atoms with van der Waals surface area (Å²) >= 11 is 0. The summed E-state index contributed by atoms with van der Waals surface area (Å²) in [6.45, 7) is 0. The average Bonchev–Trinajstić information content (AvgIpc) is 2.98. The standard InChI is InChI=1S/C15H17NO5/c17-9-3-4-10(11(18)6-9)14(19)16-13-8-2-1-7(5-8)12(13)15(20)21/h3-4,6-8,12-13,17-18H,1-2,5H2,(H,16,19)(H,20,21). The number of phenols is 2. The minimum atomic E-state index is -0.873. The van der Waals surface area contributed by atoms with Gasteiger partial charge in [0.15, 0.2) is 0 Å². The molecular weight excluding hydrogens is 274 g/mol. The van der Waals surface area contributed by atoms with Crippen LogP contribution >= 0.6 is 0 Å². The first-order chi connectivity index (χ1) is 9.97. The molecular formula is C15H17NO5. The van der Waals surface area contributed by atoms with Crippen molar-refractivity contribution in [2.24, 2.45) is 17.8 Å². The molecule has 0 heterocycles. The van der Waals surface area contributed by atoms with Gasteiger partial charge in [0.05, 0.1) is 11.5 Å². The third-order valence-corrected chi connectivity index (χ3v) is 4.73. The van der Waals surface area contributed by atoms with Gasteiger partial charge in [0.2, 0.25) is 0 Å². The lowest BCUT2D eigenvalue weighted by Gasteiger charge is -2.28. The summed E-state index contributed by atoms with van der Waals surface area (Å²) in [7, 11) is 0. The second-order valence-corrected chi connectivity index (χ2v) is 5.90. The Morgan fingerprint density at radius 1 is 1.14 bits per heavy atom. The number of carbonyl (C=O) groups is 2. The number of aromatic hydroxyl groups is 2. The number of fused-ring (bicyclic) bond motifs is 2. The van der Waals surface area contributed by atoms with Crippen LogP contribution in [0, 0.1) is 17.8 Å². The number of carbonyl (C=O) groups excluding carboxylic acids is 1. The van der Waals surface area contributed by atoms with E-state index in [0.717, 1.165) is 25.3 Å². The number of carboxylic acids is 1. The van der Waals surface area contributed by atoms with Crippen molar-refractivity contribution in [2.45, 2.75) is 25.3 Å². The number of amides is 1. The summed E-state index contributed by atoms with van der Waals surface area (Å²) in [5.41, 5.74) is 0.0414. The number of nitrogens with one attached hydrogen (secondary N) is 1. The fraction of sp³-hybridized carbons (Fsp3) is 0.467. The Morgan fingerprint density at radius 2 is 1.86 bits per heavy atom. The molecule has 1 amide bonds. The van der Waals surface area contributed by atoms with E-state index < -0.39 is 17.8 Å². The summed E-state index contributed by atoms with van der Waals surface area (Å²) in [5, 5.41) is 31.0. The summed E-state index contributed by atoms with van der Waals surface area (Å²) in [6, 6.07) is 3.33. The maximum atomic E-state index is 12.2. The zero-order valence-electron chi connectivity index (χ0n) is 11.3. The maximum Gasteiger partial charge on any atom is 0.308 e. The number of rotatable bonds is 3. The van der Waals surface area contributed by atoms with Crippen LogP contribution in [0.3, 0.4) is 0 Å². The van der Waals surface area contributed by atoms with Crippen LogP contribution in [0.4, 0.5) is 0 Å². The van der Waals surface area contributed by atoms with Crippen molar-refractivity contribution >= 4 is 11.9 Å². The molecule has 0 saturated heterocycles. The monoisotopic (exact) mass is 291 g/mol. The third-order valence-electron chi connectivity index (χ3n) is 4.73. The minimum absolute atomic E-state index is 0.0414. The molecule has 112 valence electrons. The van der Waals surface area contributed by atoms with Crippen LogP contribution in [0.5, 0.6) is 11.5 Å². The quantitative estimate of drug-likeness (QED) is 0.672. The van der Waals surface area contributed by atoms with Crippen LogP contribution in [-0.2, 0) is 4.79 Å². The molecule has 21 heavy (non-hydrogen) atoms. The van der Waals surface area contributed by atoms with Crippen molar-refractivity contribution < 1.29 is 24.9 Å². The van der Waals surface area contributed by atoms with E-state index in [2.05, 4.69) is 5.32 Å². The highest BCUT2D eigenvalue weighted by Crippen LogP contribution is 2.48. The molecule has 0 aliphatic heterocycles. The Hall–Kier alpha value is -2.24. The van der Waals surface area contributed by atoms with E-state index in [-0.39, 0.29) is 34.9 Å². The van der Waals surface area contributed by atoms with Gasteiger partial charge in [-0.1, -0.05) is 0 Å². The normalized spacial score (nSPS) is 30.3. The molecule has 2 bridgehead atoms. The van der Waals surface area contributed by atoms with Crippen molar-refractivity contribution in [1.29, 1.82) is 0 Å². The van der Waals surface area contributed by atoms with Gasteiger partial charge in [-0.3, -0.25) is 9.59 Å². The van der Waals surface area contributed by atoms with E-state index in [1.54, 1.807) is 0 Å². The van der Waals surface area contributed by atoms with Gasteiger partial charge in [-0.05, 0) is 43.2 Å². The molecule has 4 N–H and O–H groups in total. The number of hydrogen-bond acceptors (Lipinski definition) is 4. The van der Waals surface area contributed by atoms with Gasteiger partial charge in [0.25, 0.3) is 5.91 Å². The minimum Gasteiger partial charge on any atom is -0.508 e. The predicted octanol–water partition coefficient (Wildman–Crippen LogP) is 1.33. The predicted molar refractivity (Wildman–Crippen MR) is 73.0 cm³/mol. The molecule has 6 heteroatoms. The van der Waals surface area contributed by atoms with Crippen molar-refractivity contribution in [2.75, 3.05) is 0 Å². The van der Waals surface area contributed by atoms with E-state index in [9.17, 15) is 24.9 Å². The van der Waals surface area contributed by atoms with Crippen LogP contribution in [0.2, 0.25) is 0 Å². The van der Waals surface area contributed by atoms with E-state index in [1.807, 2.05) is 0 Å². The molecule has 3 rings (SSSR count). The summed E-state index contributed by atoms with van der Waals surface area (Å²) in [5.74, 6) is -2.05. The number of carboxylic acid groups (broad SMARTS) is 1. The second-order valence-electron chi connectivity index (χ2n) is 5.90. The van der Waals surface area contributed by atoms with Gasteiger partial charge in [0, 0.05) is 12.1 Å². The summed E-state index contributed by atoms with van der Waals surface area (Å²) in [6.07, 6.45) is 2.67. The summed E-state index contributed by atoms with van der Waals surface area (Å²) < 4.78 is 0. The Labute approximate surface area is 121 Å². The van der Waals surface area contributed by atoms with Crippen LogP contribution in [-0.4, -0.2) is 33.2 Å². The Kier molecular flexibility index (Phi) is 3.23. The van der Waals surface area contributed by atoms with Gasteiger partial charge in [0.1, 0.15) is 11.5 Å². The van der Waals surface area contributed by atoms with Crippen molar-refractivity contribution in [1.82, 2.24) is 5.32 Å². The molecule has 1 aromatic rings. The van der Waals surface area contributed by atoms with E-state index in [4.69, 9.17) is 0 Å². The van der Waals surface area contributed by atoms with Crippen LogP contribution in [0.1, 0.15) is 29.6 Å². The molecule has 1 aromatic carbocycles. The molecule has 2 fully saturated rings. The fourth-order valence-corrected chi connectivity index (χ4v) is 3.80. The van der Waals surface area contributed by atoms with Gasteiger partial charge < -0.3 is 20.6 Å². The Balaban J connectivity index is 1.79. The molecule has 2 aliphatic carbocycles. The van der Waals surface area contributed by atoms with Gasteiger partial charge in [-0.2, -0.15) is 0 Å². The van der Waals surface area contributed by atoms with Crippen molar-refractivity contribution in [3.63, 3.8) is 0 Å². The van der Waals surface area contributed by atoms with Crippen molar-refractivity contribution in [3.05, 3.63) is 23.8 Å². The van der Waals surface area contributed by atoms with Gasteiger partial charge in [-0.15, -0.1) is 0 Å². The Morgan fingerprint density at radius 3 is 2.52 bits per heavy atom. The molecule has 0 spiro atoms. The van der Waals surface area contributed by atoms with E-state index >= 15 is 0 Å². The van der Waals surface area contributed by atoms with Crippen LogP contribution < -0.4 is 5.32 Å². The molecule has 2 aliphatic rings. The zero-order chi connectivity index (χ0) is 15.1. The number of hydrogen-bond donors (Lipinski definition) is 4. The SMILES string of the molecule is O=C(NC1C2CCC(C2)C1C(=O)O)c1ccc(O)cc1O. The molecule has 2 saturated carbocycles. The first kappa shape index (κ1) is 13.7. The highest BCUT2D eigenvalue weighted by Gasteiger charge is 2.51. The van der Waals surface area contributed by atoms with Crippen LogP contribution in [0.25, 0.3) is 0 Å². The molecule has 4 atom stereocenters. The smallest absolute Gasteiger partial charge is 0.308 e. The first-order valence-corrected chi connectivity index (χ1v) is 7.03. The lowest BCUT2D eigenvalue weighted by atomic mass is 9.84. The average molecular weight is 291 g/mol. The highest BCUT2D eigenvalue weighted by atomic mass is 16.4. The topological polar surface area (TPSA) is 107 Å². The highest BCUT2D eigenvalue weighted by molar-refractivity contribution is 5.97. The third kappa shape index (κ3) is 2.30. The fourth-order valence-electron chi connectivity index (χ4n) is 3.80. The summed E-state index contributed by atoms with van der Waals surface area (Å²) in [4.78, 5) is 23.6. The largest absolute Gasteiger partial charge is 0.508 e. The molecule has 0 radical (unpaired) electrons. The molecule has 4 unspecified atom stereocenters.